The average molecular weight is 179 g/mol. The minimum atomic E-state index is -0.201. The Morgan fingerprint density at radius 1 is 1.50 bits per heavy atom. The van der Waals surface area contributed by atoms with E-state index in [0.717, 1.165) is 4.88 Å². The van der Waals surface area contributed by atoms with E-state index in [2.05, 4.69) is 15.4 Å². The highest BCUT2D eigenvalue weighted by atomic mass is 32.1. The Bertz CT molecular complexity index is 420. The summed E-state index contributed by atoms with van der Waals surface area (Å²) in [4.78, 5) is 12.1. The van der Waals surface area contributed by atoms with Crippen LogP contribution in [0.3, 0.4) is 0 Å². The van der Waals surface area contributed by atoms with Gasteiger partial charge in [-0.15, -0.1) is 16.4 Å². The van der Waals surface area contributed by atoms with Crippen molar-refractivity contribution in [3.8, 4) is 10.4 Å². The minimum absolute atomic E-state index is 0.201. The van der Waals surface area contributed by atoms with Gasteiger partial charge in [0.2, 0.25) is 0 Å². The van der Waals surface area contributed by atoms with Gasteiger partial charge in [-0.25, -0.2) is 5.10 Å². The molecule has 2 aromatic rings. The molecule has 12 heavy (non-hydrogen) atoms. The predicted octanol–water partition coefficient (Wildman–Crippen LogP) is 0.893. The van der Waals surface area contributed by atoms with Crippen LogP contribution in [0.2, 0.25) is 0 Å². The van der Waals surface area contributed by atoms with Crippen molar-refractivity contribution in [2.24, 2.45) is 0 Å². The van der Waals surface area contributed by atoms with E-state index in [9.17, 15) is 4.79 Å². The fraction of sp³-hybridized carbons (Fsp3) is 0. The lowest BCUT2D eigenvalue weighted by atomic mass is 10.3. The van der Waals surface area contributed by atoms with Crippen LogP contribution in [0, 0.1) is 0 Å². The van der Waals surface area contributed by atoms with Crippen LogP contribution >= 0.6 is 11.3 Å². The van der Waals surface area contributed by atoms with Gasteiger partial charge >= 0.3 is 0 Å². The van der Waals surface area contributed by atoms with Crippen molar-refractivity contribution in [1.82, 2.24) is 15.4 Å². The summed E-state index contributed by atoms with van der Waals surface area (Å²) in [6.07, 6.45) is 1.46. The molecular formula is C7H5N3OS. The zero-order chi connectivity index (χ0) is 8.39. The minimum Gasteiger partial charge on any atom is -0.267 e. The van der Waals surface area contributed by atoms with Crippen LogP contribution in [-0.4, -0.2) is 15.4 Å². The number of hydrogen-bond acceptors (Lipinski definition) is 4. The van der Waals surface area contributed by atoms with Gasteiger partial charge in [0.15, 0.2) is 0 Å². The largest absolute Gasteiger partial charge is 0.275 e. The predicted molar refractivity (Wildman–Crippen MR) is 46.0 cm³/mol. The standard InChI is InChI=1S/C7H5N3OS/c11-7-5(4-8-10-9-7)6-2-1-3-12-6/h1-4H,(H,8,9,11). The molecule has 0 saturated heterocycles. The number of hydrogen-bond donors (Lipinski definition) is 1. The van der Waals surface area contributed by atoms with Gasteiger partial charge in [-0.2, -0.15) is 0 Å². The molecule has 60 valence electrons. The molecule has 2 aromatic heterocycles. The number of nitrogens with one attached hydrogen (secondary N) is 1. The van der Waals surface area contributed by atoms with Crippen molar-refractivity contribution in [2.45, 2.75) is 0 Å². The smallest absolute Gasteiger partial charge is 0.267 e. The van der Waals surface area contributed by atoms with Crippen molar-refractivity contribution in [3.05, 3.63) is 34.1 Å². The van der Waals surface area contributed by atoms with Gasteiger partial charge in [0.25, 0.3) is 5.56 Å². The van der Waals surface area contributed by atoms with Crippen molar-refractivity contribution in [1.29, 1.82) is 0 Å². The van der Waals surface area contributed by atoms with Crippen LogP contribution in [-0.2, 0) is 0 Å². The normalized spacial score (nSPS) is 10.0. The van der Waals surface area contributed by atoms with E-state index < -0.39 is 0 Å². The summed E-state index contributed by atoms with van der Waals surface area (Å²) >= 11 is 1.50. The molecule has 0 aliphatic heterocycles. The highest BCUT2D eigenvalue weighted by molar-refractivity contribution is 7.13. The lowest BCUT2D eigenvalue weighted by Crippen LogP contribution is -2.10. The second-order valence-corrected chi connectivity index (χ2v) is 3.12. The summed E-state index contributed by atoms with van der Waals surface area (Å²) < 4.78 is 0. The number of nitrogens with zero attached hydrogens (tertiary/aromatic N) is 2. The summed E-state index contributed by atoms with van der Waals surface area (Å²) in [7, 11) is 0. The second kappa shape index (κ2) is 2.86. The summed E-state index contributed by atoms with van der Waals surface area (Å²) in [6.45, 7) is 0. The Balaban J connectivity index is 2.63. The first-order valence-corrected chi connectivity index (χ1v) is 4.20. The fourth-order valence-electron chi connectivity index (χ4n) is 0.887. The lowest BCUT2D eigenvalue weighted by molar-refractivity contribution is 0.844. The van der Waals surface area contributed by atoms with Crippen LogP contribution in [0.1, 0.15) is 0 Å². The first kappa shape index (κ1) is 7.17. The van der Waals surface area contributed by atoms with Crippen molar-refractivity contribution < 1.29 is 0 Å². The van der Waals surface area contributed by atoms with Crippen molar-refractivity contribution in [3.63, 3.8) is 0 Å². The zero-order valence-corrected chi connectivity index (χ0v) is 6.84. The Hall–Kier alpha value is -1.49. The highest BCUT2D eigenvalue weighted by Gasteiger charge is 2.02. The number of rotatable bonds is 1. The van der Waals surface area contributed by atoms with E-state index in [-0.39, 0.29) is 5.56 Å². The van der Waals surface area contributed by atoms with Crippen LogP contribution in [0.4, 0.5) is 0 Å². The molecule has 0 aromatic carbocycles. The Kier molecular flexibility index (Phi) is 1.71. The SMILES string of the molecule is O=c1[nH]nncc1-c1cccs1. The lowest BCUT2D eigenvalue weighted by Gasteiger charge is -1.90. The number of thiophene rings is 1. The maximum absolute atomic E-state index is 11.2. The molecule has 1 N–H and O–H groups in total. The molecule has 0 amide bonds. The second-order valence-electron chi connectivity index (χ2n) is 2.18. The Morgan fingerprint density at radius 2 is 2.42 bits per heavy atom. The van der Waals surface area contributed by atoms with Gasteiger partial charge < -0.3 is 0 Å². The third-order valence-corrected chi connectivity index (χ3v) is 2.33. The number of H-pyrrole nitrogens is 1. The van der Waals surface area contributed by atoms with Crippen LogP contribution in [0.15, 0.2) is 28.5 Å². The van der Waals surface area contributed by atoms with Gasteiger partial charge in [-0.3, -0.25) is 4.79 Å². The van der Waals surface area contributed by atoms with Crippen LogP contribution in [0.5, 0.6) is 0 Å². The molecule has 0 aliphatic carbocycles. The number of aromatic amines is 1. The Labute approximate surface area is 71.9 Å². The van der Waals surface area contributed by atoms with Gasteiger partial charge in [0.1, 0.15) is 0 Å². The number of aromatic nitrogens is 3. The Morgan fingerprint density at radius 3 is 3.08 bits per heavy atom. The quantitative estimate of drug-likeness (QED) is 0.707. The molecule has 0 fully saturated rings. The summed E-state index contributed by atoms with van der Waals surface area (Å²) in [6, 6.07) is 3.76. The summed E-state index contributed by atoms with van der Waals surface area (Å²) in [5.41, 5.74) is 0.368. The van der Waals surface area contributed by atoms with Gasteiger partial charge in [0, 0.05) is 4.88 Å². The molecule has 2 rings (SSSR count). The van der Waals surface area contributed by atoms with E-state index in [4.69, 9.17) is 0 Å². The van der Waals surface area contributed by atoms with Crippen LogP contribution < -0.4 is 5.56 Å². The highest BCUT2D eigenvalue weighted by Crippen LogP contribution is 2.19. The summed E-state index contributed by atoms with van der Waals surface area (Å²) in [5, 5.41) is 11.2. The third kappa shape index (κ3) is 1.14. The molecule has 0 spiro atoms. The molecular weight excluding hydrogens is 174 g/mol. The van der Waals surface area contributed by atoms with E-state index in [1.165, 1.54) is 17.5 Å². The van der Waals surface area contributed by atoms with Gasteiger partial charge in [-0.1, -0.05) is 11.3 Å². The van der Waals surface area contributed by atoms with Gasteiger partial charge in [-0.05, 0) is 11.4 Å². The van der Waals surface area contributed by atoms with Crippen molar-refractivity contribution >= 4 is 11.3 Å². The first-order chi connectivity index (χ1) is 5.88. The van der Waals surface area contributed by atoms with E-state index >= 15 is 0 Å². The molecule has 0 atom stereocenters. The molecule has 0 saturated carbocycles. The maximum Gasteiger partial charge on any atom is 0.275 e. The maximum atomic E-state index is 11.2. The fourth-order valence-corrected chi connectivity index (χ4v) is 1.62. The van der Waals surface area contributed by atoms with E-state index in [1.807, 2.05) is 17.5 Å². The molecule has 0 bridgehead atoms. The van der Waals surface area contributed by atoms with E-state index in [1.54, 1.807) is 0 Å². The molecule has 0 radical (unpaired) electrons. The first-order valence-electron chi connectivity index (χ1n) is 3.32. The summed E-state index contributed by atoms with van der Waals surface area (Å²) in [5.74, 6) is 0. The topological polar surface area (TPSA) is 58.6 Å². The molecule has 0 unspecified atom stereocenters. The molecule has 5 heteroatoms. The third-order valence-electron chi connectivity index (χ3n) is 1.43. The van der Waals surface area contributed by atoms with Crippen molar-refractivity contribution in [2.75, 3.05) is 0 Å². The average Bonchev–Trinajstić information content (AvgIpc) is 2.57. The monoisotopic (exact) mass is 179 g/mol. The molecule has 2 heterocycles. The van der Waals surface area contributed by atoms with Crippen LogP contribution in [0.25, 0.3) is 10.4 Å². The van der Waals surface area contributed by atoms with E-state index in [0.29, 0.717) is 5.56 Å². The molecule has 4 nitrogen and oxygen atoms in total. The zero-order valence-electron chi connectivity index (χ0n) is 6.02. The molecule has 0 aliphatic rings. The van der Waals surface area contributed by atoms with Gasteiger partial charge in [0.05, 0.1) is 11.8 Å².